The Hall–Kier alpha value is -3.06. The van der Waals surface area contributed by atoms with Crippen LogP contribution in [0.15, 0.2) is 47.8 Å². The summed E-state index contributed by atoms with van der Waals surface area (Å²) in [7, 11) is 1.63. The molecule has 158 valence electrons. The number of ether oxygens (including phenoxy) is 4. The maximum absolute atomic E-state index is 12.5. The number of rotatable bonds is 10. The van der Waals surface area contributed by atoms with Crippen molar-refractivity contribution in [3.05, 3.63) is 59.1 Å². The van der Waals surface area contributed by atoms with Gasteiger partial charge < -0.3 is 18.9 Å². The van der Waals surface area contributed by atoms with Crippen LogP contribution in [-0.2, 0) is 11.3 Å². The van der Waals surface area contributed by atoms with Crippen molar-refractivity contribution in [1.82, 2.24) is 4.98 Å². The first-order valence-electron chi connectivity index (χ1n) is 9.80. The van der Waals surface area contributed by atoms with Gasteiger partial charge >= 0.3 is 5.97 Å². The number of methoxy groups -OCH3 is 1. The highest BCUT2D eigenvalue weighted by Gasteiger charge is 2.14. The highest BCUT2D eigenvalue weighted by atomic mass is 32.1. The molecule has 0 unspecified atom stereocenters. The van der Waals surface area contributed by atoms with Crippen LogP contribution in [-0.4, -0.2) is 31.3 Å². The fourth-order valence-corrected chi connectivity index (χ4v) is 3.51. The van der Waals surface area contributed by atoms with Gasteiger partial charge in [0.05, 0.1) is 31.6 Å². The minimum Gasteiger partial charge on any atom is -0.497 e. The van der Waals surface area contributed by atoms with Gasteiger partial charge in [-0.3, -0.25) is 0 Å². The molecule has 1 aromatic heterocycles. The minimum atomic E-state index is -0.433. The molecule has 0 saturated heterocycles. The monoisotopic (exact) mass is 427 g/mol. The molecule has 0 spiro atoms. The van der Waals surface area contributed by atoms with Crippen LogP contribution in [0.2, 0.25) is 0 Å². The standard InChI is InChI=1S/C23H25NO5S/c1-4-12-28-20-11-8-17(13-21(20)27-5-2)23(25)29-14-18-15-30-22(24-18)16-6-9-19(26-3)10-7-16/h6-11,13,15H,4-5,12,14H2,1-3H3. The maximum atomic E-state index is 12.5. The lowest BCUT2D eigenvalue weighted by Gasteiger charge is -2.12. The number of benzene rings is 2. The van der Waals surface area contributed by atoms with E-state index in [2.05, 4.69) is 4.98 Å². The van der Waals surface area contributed by atoms with Gasteiger partial charge in [-0.05, 0) is 55.8 Å². The Morgan fingerprint density at radius 2 is 1.83 bits per heavy atom. The summed E-state index contributed by atoms with van der Waals surface area (Å²) >= 11 is 1.50. The largest absolute Gasteiger partial charge is 0.497 e. The van der Waals surface area contributed by atoms with E-state index in [1.807, 2.05) is 43.5 Å². The number of hydrogen-bond acceptors (Lipinski definition) is 7. The third-order valence-corrected chi connectivity index (χ3v) is 5.12. The lowest BCUT2D eigenvalue weighted by molar-refractivity contribution is 0.0468. The molecule has 0 amide bonds. The van der Waals surface area contributed by atoms with Crippen molar-refractivity contribution < 1.29 is 23.7 Å². The van der Waals surface area contributed by atoms with Crippen molar-refractivity contribution in [1.29, 1.82) is 0 Å². The molecule has 0 atom stereocenters. The van der Waals surface area contributed by atoms with Gasteiger partial charge in [-0.15, -0.1) is 11.3 Å². The van der Waals surface area contributed by atoms with E-state index in [9.17, 15) is 4.79 Å². The summed E-state index contributed by atoms with van der Waals surface area (Å²) in [6, 6.07) is 12.7. The van der Waals surface area contributed by atoms with E-state index in [0.717, 1.165) is 22.7 Å². The molecular weight excluding hydrogens is 402 g/mol. The molecule has 0 aliphatic rings. The Kier molecular flexibility index (Phi) is 7.68. The minimum absolute atomic E-state index is 0.101. The number of carbonyl (C=O) groups excluding carboxylic acids is 1. The van der Waals surface area contributed by atoms with Crippen molar-refractivity contribution in [3.63, 3.8) is 0 Å². The van der Waals surface area contributed by atoms with Crippen LogP contribution < -0.4 is 14.2 Å². The quantitative estimate of drug-likeness (QED) is 0.406. The SMILES string of the molecule is CCCOc1ccc(C(=O)OCc2csc(-c3ccc(OC)cc3)n2)cc1OCC. The molecule has 7 heteroatoms. The molecule has 0 saturated carbocycles. The van der Waals surface area contributed by atoms with Gasteiger partial charge in [0.15, 0.2) is 11.5 Å². The van der Waals surface area contributed by atoms with Crippen LogP contribution in [0.5, 0.6) is 17.2 Å². The van der Waals surface area contributed by atoms with Crippen LogP contribution in [0.1, 0.15) is 36.3 Å². The van der Waals surface area contributed by atoms with Crippen LogP contribution in [0.25, 0.3) is 10.6 Å². The third-order valence-electron chi connectivity index (χ3n) is 4.18. The molecule has 0 N–H and O–H groups in total. The second kappa shape index (κ2) is 10.6. The van der Waals surface area contributed by atoms with Crippen LogP contribution in [0.4, 0.5) is 0 Å². The Bertz CT molecular complexity index is 968. The fourth-order valence-electron chi connectivity index (χ4n) is 2.70. The van der Waals surface area contributed by atoms with Gasteiger partial charge in [0, 0.05) is 10.9 Å². The second-order valence-electron chi connectivity index (χ2n) is 6.39. The predicted octanol–water partition coefficient (Wildman–Crippen LogP) is 5.36. The number of hydrogen-bond donors (Lipinski definition) is 0. The van der Waals surface area contributed by atoms with E-state index in [-0.39, 0.29) is 6.61 Å². The number of aromatic nitrogens is 1. The van der Waals surface area contributed by atoms with Gasteiger partial charge in [0.2, 0.25) is 0 Å². The third kappa shape index (κ3) is 5.51. The van der Waals surface area contributed by atoms with E-state index < -0.39 is 5.97 Å². The Labute approximate surface area is 180 Å². The van der Waals surface area contributed by atoms with E-state index in [4.69, 9.17) is 18.9 Å². The first-order valence-corrected chi connectivity index (χ1v) is 10.7. The summed E-state index contributed by atoms with van der Waals surface area (Å²) in [5.41, 5.74) is 2.10. The van der Waals surface area contributed by atoms with Gasteiger partial charge in [0.1, 0.15) is 17.4 Å². The topological polar surface area (TPSA) is 66.9 Å². The fraction of sp³-hybridized carbons (Fsp3) is 0.304. The van der Waals surface area contributed by atoms with E-state index in [1.54, 1.807) is 25.3 Å². The average molecular weight is 428 g/mol. The summed E-state index contributed by atoms with van der Waals surface area (Å²) < 4.78 is 21.9. The summed E-state index contributed by atoms with van der Waals surface area (Å²) in [6.07, 6.45) is 0.890. The molecule has 2 aromatic carbocycles. The molecule has 3 aromatic rings. The maximum Gasteiger partial charge on any atom is 0.338 e. The summed E-state index contributed by atoms with van der Waals surface area (Å²) in [4.78, 5) is 17.0. The molecule has 6 nitrogen and oxygen atoms in total. The lowest BCUT2D eigenvalue weighted by atomic mass is 10.2. The first kappa shape index (κ1) is 21.6. The van der Waals surface area contributed by atoms with Gasteiger partial charge in [0.25, 0.3) is 0 Å². The number of carbonyl (C=O) groups is 1. The van der Waals surface area contributed by atoms with E-state index >= 15 is 0 Å². The van der Waals surface area contributed by atoms with Crippen LogP contribution in [0.3, 0.4) is 0 Å². The predicted molar refractivity (Wildman–Crippen MR) is 117 cm³/mol. The highest BCUT2D eigenvalue weighted by molar-refractivity contribution is 7.13. The van der Waals surface area contributed by atoms with Crippen molar-refractivity contribution in [3.8, 4) is 27.8 Å². The number of esters is 1. The first-order chi connectivity index (χ1) is 14.6. The Morgan fingerprint density at radius 1 is 1.03 bits per heavy atom. The smallest absolute Gasteiger partial charge is 0.338 e. The molecule has 0 aliphatic carbocycles. The normalized spacial score (nSPS) is 10.5. The molecule has 0 fully saturated rings. The zero-order valence-electron chi connectivity index (χ0n) is 17.3. The molecule has 3 rings (SSSR count). The molecule has 0 radical (unpaired) electrons. The molecule has 1 heterocycles. The van der Waals surface area contributed by atoms with E-state index in [0.29, 0.717) is 36.0 Å². The van der Waals surface area contributed by atoms with Crippen molar-refractivity contribution in [2.24, 2.45) is 0 Å². The average Bonchev–Trinajstić information content (AvgIpc) is 3.26. The zero-order valence-corrected chi connectivity index (χ0v) is 18.2. The second-order valence-corrected chi connectivity index (χ2v) is 7.25. The lowest BCUT2D eigenvalue weighted by Crippen LogP contribution is -2.07. The summed E-state index contributed by atoms with van der Waals surface area (Å²) in [6.45, 7) is 5.09. The summed E-state index contributed by atoms with van der Waals surface area (Å²) in [5, 5.41) is 2.75. The molecule has 0 bridgehead atoms. The number of nitrogens with zero attached hydrogens (tertiary/aromatic N) is 1. The van der Waals surface area contributed by atoms with Gasteiger partial charge in [-0.1, -0.05) is 6.92 Å². The van der Waals surface area contributed by atoms with Crippen LogP contribution in [0, 0.1) is 0 Å². The van der Waals surface area contributed by atoms with E-state index in [1.165, 1.54) is 11.3 Å². The Balaban J connectivity index is 1.63. The number of thiazole rings is 1. The van der Waals surface area contributed by atoms with Crippen LogP contribution >= 0.6 is 11.3 Å². The van der Waals surface area contributed by atoms with Crippen molar-refractivity contribution in [2.75, 3.05) is 20.3 Å². The van der Waals surface area contributed by atoms with Gasteiger partial charge in [-0.2, -0.15) is 0 Å². The highest BCUT2D eigenvalue weighted by Crippen LogP contribution is 2.29. The molecular formula is C23H25NO5S. The summed E-state index contributed by atoms with van der Waals surface area (Å²) in [5.74, 6) is 1.52. The van der Waals surface area contributed by atoms with Crippen molar-refractivity contribution in [2.45, 2.75) is 26.9 Å². The zero-order chi connectivity index (χ0) is 21.3. The molecule has 30 heavy (non-hydrogen) atoms. The van der Waals surface area contributed by atoms with Crippen molar-refractivity contribution >= 4 is 17.3 Å². The Morgan fingerprint density at radius 3 is 2.53 bits per heavy atom. The van der Waals surface area contributed by atoms with Gasteiger partial charge in [-0.25, -0.2) is 9.78 Å². The molecule has 0 aliphatic heterocycles.